The third-order valence-corrected chi connectivity index (χ3v) is 2.76. The Morgan fingerprint density at radius 2 is 2.27 bits per heavy atom. The van der Waals surface area contributed by atoms with E-state index < -0.39 is 4.29 Å². The topological polar surface area (TPSA) is 26.3 Å². The molecule has 1 unspecified atom stereocenters. The van der Waals surface area contributed by atoms with Crippen molar-refractivity contribution in [2.75, 3.05) is 7.11 Å². The van der Waals surface area contributed by atoms with Gasteiger partial charge in [-0.05, 0) is 30.2 Å². The van der Waals surface area contributed by atoms with Crippen molar-refractivity contribution in [3.63, 3.8) is 0 Å². The first-order valence-electron chi connectivity index (χ1n) is 4.59. The minimum atomic E-state index is -0.671. The highest BCUT2D eigenvalue weighted by Gasteiger charge is 2.15. The molecule has 0 saturated carbocycles. The molecule has 15 heavy (non-hydrogen) atoms. The Morgan fingerprint density at radius 1 is 1.60 bits per heavy atom. The highest BCUT2D eigenvalue weighted by Crippen LogP contribution is 2.22. The van der Waals surface area contributed by atoms with Gasteiger partial charge in [0, 0.05) is 5.56 Å². The van der Waals surface area contributed by atoms with Crippen LogP contribution in [-0.2, 0) is 6.42 Å². The lowest BCUT2D eigenvalue weighted by molar-refractivity contribution is 0.101. The molecule has 1 rings (SSSR count). The molecule has 82 valence electrons. The molecule has 0 fully saturated rings. The van der Waals surface area contributed by atoms with Gasteiger partial charge in [-0.15, -0.1) is 11.6 Å². The number of benzene rings is 1. The summed E-state index contributed by atoms with van der Waals surface area (Å²) in [7, 11) is 1.62. The van der Waals surface area contributed by atoms with Crippen LogP contribution in [0.4, 0.5) is 0 Å². The van der Waals surface area contributed by atoms with E-state index in [1.54, 1.807) is 19.2 Å². The number of halogens is 2. The van der Waals surface area contributed by atoms with Crippen LogP contribution in [0, 0.1) is 0 Å². The van der Waals surface area contributed by atoms with Crippen LogP contribution < -0.4 is 4.74 Å². The molecule has 0 aromatic heterocycles. The van der Waals surface area contributed by atoms with Crippen molar-refractivity contribution in [2.45, 2.75) is 17.6 Å². The van der Waals surface area contributed by atoms with Crippen molar-refractivity contribution in [2.24, 2.45) is 0 Å². The molecule has 0 aliphatic carbocycles. The second-order valence-electron chi connectivity index (χ2n) is 3.05. The SMILES string of the molecule is CCc1cc(C(=O)C(Cl)Br)ccc1OC. The van der Waals surface area contributed by atoms with E-state index in [1.165, 1.54) is 0 Å². The summed E-state index contributed by atoms with van der Waals surface area (Å²) in [5.41, 5.74) is 1.61. The summed E-state index contributed by atoms with van der Waals surface area (Å²) in [4.78, 5) is 11.6. The Kier molecular flexibility index (Phi) is 4.61. The van der Waals surface area contributed by atoms with E-state index in [1.807, 2.05) is 13.0 Å². The third kappa shape index (κ3) is 2.95. The number of rotatable bonds is 4. The Balaban J connectivity index is 3.08. The molecule has 0 saturated heterocycles. The maximum Gasteiger partial charge on any atom is 0.191 e. The van der Waals surface area contributed by atoms with E-state index in [0.29, 0.717) is 5.56 Å². The molecule has 0 aliphatic heterocycles. The molecule has 0 bridgehead atoms. The lowest BCUT2D eigenvalue weighted by atomic mass is 10.1. The summed E-state index contributed by atoms with van der Waals surface area (Å²) in [5.74, 6) is 0.670. The predicted molar refractivity (Wildman–Crippen MR) is 65.3 cm³/mol. The number of ketones is 1. The summed E-state index contributed by atoms with van der Waals surface area (Å²) < 4.78 is 4.50. The van der Waals surface area contributed by atoms with E-state index in [2.05, 4.69) is 15.9 Å². The van der Waals surface area contributed by atoms with E-state index >= 15 is 0 Å². The van der Waals surface area contributed by atoms with Gasteiger partial charge in [0.2, 0.25) is 0 Å². The van der Waals surface area contributed by atoms with Crippen LogP contribution in [0.2, 0.25) is 0 Å². The average Bonchev–Trinajstić information content (AvgIpc) is 2.26. The Hall–Kier alpha value is -0.540. The van der Waals surface area contributed by atoms with E-state index in [-0.39, 0.29) is 5.78 Å². The maximum absolute atomic E-state index is 11.6. The van der Waals surface area contributed by atoms with Gasteiger partial charge in [0.25, 0.3) is 0 Å². The number of hydrogen-bond acceptors (Lipinski definition) is 2. The zero-order chi connectivity index (χ0) is 11.4. The molecular formula is C11H12BrClO2. The third-order valence-electron chi connectivity index (χ3n) is 2.14. The molecule has 0 amide bonds. The van der Waals surface area contributed by atoms with Crippen LogP contribution in [0.25, 0.3) is 0 Å². The van der Waals surface area contributed by atoms with E-state index in [0.717, 1.165) is 17.7 Å². The second kappa shape index (κ2) is 5.52. The molecule has 0 radical (unpaired) electrons. The zero-order valence-corrected chi connectivity index (χ0v) is 10.9. The summed E-state index contributed by atoms with van der Waals surface area (Å²) in [6, 6.07) is 5.33. The quantitative estimate of drug-likeness (QED) is 0.628. The Labute approximate surface area is 103 Å². The lowest BCUT2D eigenvalue weighted by Gasteiger charge is -2.08. The van der Waals surface area contributed by atoms with Gasteiger partial charge >= 0.3 is 0 Å². The van der Waals surface area contributed by atoms with Gasteiger partial charge in [-0.25, -0.2) is 0 Å². The first kappa shape index (κ1) is 12.5. The van der Waals surface area contributed by atoms with Crippen molar-refractivity contribution >= 4 is 33.3 Å². The molecule has 0 heterocycles. The molecule has 4 heteroatoms. The van der Waals surface area contributed by atoms with Crippen LogP contribution in [0.3, 0.4) is 0 Å². The van der Waals surface area contributed by atoms with E-state index in [4.69, 9.17) is 16.3 Å². The van der Waals surface area contributed by atoms with Crippen molar-refractivity contribution in [3.8, 4) is 5.75 Å². The molecule has 0 N–H and O–H groups in total. The van der Waals surface area contributed by atoms with Gasteiger partial charge in [-0.3, -0.25) is 4.79 Å². The predicted octanol–water partition coefficient (Wildman–Crippen LogP) is 3.40. The minimum absolute atomic E-state index is 0.131. The number of methoxy groups -OCH3 is 1. The normalized spacial score (nSPS) is 12.3. The van der Waals surface area contributed by atoms with Gasteiger partial charge in [-0.1, -0.05) is 22.9 Å². The van der Waals surface area contributed by atoms with Crippen LogP contribution in [0.1, 0.15) is 22.8 Å². The number of Topliss-reactive ketones (excluding diaryl/α,β-unsaturated/α-hetero) is 1. The molecular weight excluding hydrogens is 279 g/mol. The van der Waals surface area contributed by atoms with Crippen molar-refractivity contribution in [1.29, 1.82) is 0 Å². The fourth-order valence-electron chi connectivity index (χ4n) is 1.33. The summed E-state index contributed by atoms with van der Waals surface area (Å²) in [6.45, 7) is 2.01. The fraction of sp³-hybridized carbons (Fsp3) is 0.364. The average molecular weight is 292 g/mol. The highest BCUT2D eigenvalue weighted by atomic mass is 79.9. The number of hydrogen-bond donors (Lipinski definition) is 0. The monoisotopic (exact) mass is 290 g/mol. The molecule has 0 spiro atoms. The smallest absolute Gasteiger partial charge is 0.191 e. The first-order chi connectivity index (χ1) is 7.10. The summed E-state index contributed by atoms with van der Waals surface area (Å²) >= 11 is 8.71. The number of carbonyl (C=O) groups excluding carboxylic acids is 1. The number of carbonyl (C=O) groups is 1. The van der Waals surface area contributed by atoms with Gasteiger partial charge < -0.3 is 4.74 Å². The Morgan fingerprint density at radius 3 is 2.73 bits per heavy atom. The first-order valence-corrected chi connectivity index (χ1v) is 5.94. The van der Waals surface area contributed by atoms with Crippen molar-refractivity contribution in [1.82, 2.24) is 0 Å². The zero-order valence-electron chi connectivity index (χ0n) is 8.59. The largest absolute Gasteiger partial charge is 0.496 e. The van der Waals surface area contributed by atoms with Crippen LogP contribution in [0.5, 0.6) is 5.75 Å². The maximum atomic E-state index is 11.6. The standard InChI is InChI=1S/C11H12BrClO2/c1-3-7-6-8(10(14)11(12)13)4-5-9(7)15-2/h4-6,11H,3H2,1-2H3. The van der Waals surface area contributed by atoms with Gasteiger partial charge in [0.15, 0.2) is 10.1 Å². The van der Waals surface area contributed by atoms with Crippen molar-refractivity contribution in [3.05, 3.63) is 29.3 Å². The number of aryl methyl sites for hydroxylation is 1. The number of ether oxygens (including phenoxy) is 1. The fourth-order valence-corrected chi connectivity index (χ4v) is 1.72. The number of alkyl halides is 2. The lowest BCUT2D eigenvalue weighted by Crippen LogP contribution is -2.08. The molecule has 1 atom stereocenters. The van der Waals surface area contributed by atoms with Gasteiger partial charge in [0.1, 0.15) is 5.75 Å². The molecule has 0 aliphatic rings. The molecule has 1 aromatic rings. The van der Waals surface area contributed by atoms with Gasteiger partial charge in [0.05, 0.1) is 7.11 Å². The summed E-state index contributed by atoms with van der Waals surface area (Å²) in [6.07, 6.45) is 0.819. The molecule has 2 nitrogen and oxygen atoms in total. The van der Waals surface area contributed by atoms with E-state index in [9.17, 15) is 4.79 Å². The highest BCUT2D eigenvalue weighted by molar-refractivity contribution is 9.10. The van der Waals surface area contributed by atoms with Gasteiger partial charge in [-0.2, -0.15) is 0 Å². The van der Waals surface area contributed by atoms with Crippen LogP contribution in [0.15, 0.2) is 18.2 Å². The minimum Gasteiger partial charge on any atom is -0.496 e. The Bertz CT molecular complexity index is 364. The summed E-state index contributed by atoms with van der Waals surface area (Å²) in [5, 5.41) is 0. The second-order valence-corrected chi connectivity index (χ2v) is 4.92. The van der Waals surface area contributed by atoms with Crippen LogP contribution in [-0.4, -0.2) is 17.2 Å². The van der Waals surface area contributed by atoms with Crippen molar-refractivity contribution < 1.29 is 9.53 Å². The van der Waals surface area contributed by atoms with Crippen LogP contribution >= 0.6 is 27.5 Å². The molecule has 1 aromatic carbocycles.